The summed E-state index contributed by atoms with van der Waals surface area (Å²) in [5.74, 6) is -1.60. The Morgan fingerprint density at radius 3 is 2.52 bits per heavy atom. The van der Waals surface area contributed by atoms with Gasteiger partial charge in [0, 0.05) is 36.5 Å². The number of aliphatic carboxylic acids is 2. The quantitative estimate of drug-likeness (QED) is 0.460. The number of carboxylic acid groups (broad SMARTS) is 2. The summed E-state index contributed by atoms with van der Waals surface area (Å²) in [7, 11) is 0. The topological polar surface area (TPSA) is 146 Å². The molecule has 2 rings (SSSR count). The largest absolute Gasteiger partial charge is 0.481 e. The van der Waals surface area contributed by atoms with E-state index in [-0.39, 0.29) is 12.8 Å². The molecule has 11 heteroatoms. The van der Waals surface area contributed by atoms with Crippen molar-refractivity contribution >= 4 is 27.9 Å². The van der Waals surface area contributed by atoms with Crippen molar-refractivity contribution in [3.8, 4) is 0 Å². The number of nitrogens with one attached hydrogen (secondary N) is 1. The van der Waals surface area contributed by atoms with Crippen molar-refractivity contribution in [2.75, 3.05) is 13.1 Å². The molecule has 25 heavy (non-hydrogen) atoms. The summed E-state index contributed by atoms with van der Waals surface area (Å²) in [5.41, 5.74) is 1.01. The van der Waals surface area contributed by atoms with Gasteiger partial charge in [0.15, 0.2) is 5.82 Å². The first kappa shape index (κ1) is 20.4. The molecular formula is C14H17BrN4O6. The highest BCUT2D eigenvalue weighted by Crippen LogP contribution is 2.15. The highest BCUT2D eigenvalue weighted by atomic mass is 79.9. The lowest BCUT2D eigenvalue weighted by atomic mass is 10.3. The predicted molar refractivity (Wildman–Crippen MR) is 89.9 cm³/mol. The lowest BCUT2D eigenvalue weighted by Crippen LogP contribution is -2.20. The van der Waals surface area contributed by atoms with Gasteiger partial charge < -0.3 is 20.4 Å². The first-order valence-electron chi connectivity index (χ1n) is 7.15. The lowest BCUT2D eigenvalue weighted by molar-refractivity contribution is -0.404. The lowest BCUT2D eigenvalue weighted by Gasteiger charge is -2.16. The Morgan fingerprint density at radius 1 is 1.36 bits per heavy atom. The van der Waals surface area contributed by atoms with E-state index in [1.807, 2.05) is 11.0 Å². The number of pyridine rings is 1. The van der Waals surface area contributed by atoms with Crippen LogP contribution in [0.15, 0.2) is 35.0 Å². The number of hydrogen-bond donors (Lipinski definition) is 3. The second kappa shape index (κ2) is 10.2. The van der Waals surface area contributed by atoms with Crippen LogP contribution >= 0.6 is 15.9 Å². The summed E-state index contributed by atoms with van der Waals surface area (Å²) >= 11 is 3.35. The normalized spacial score (nSPS) is 14.4. The molecule has 0 unspecified atom stereocenters. The molecule has 1 aliphatic rings. The zero-order valence-electron chi connectivity index (χ0n) is 13.1. The zero-order valence-corrected chi connectivity index (χ0v) is 14.7. The van der Waals surface area contributed by atoms with E-state index in [0.717, 1.165) is 29.3 Å². The van der Waals surface area contributed by atoms with Crippen molar-refractivity contribution in [1.29, 1.82) is 0 Å². The third-order valence-corrected chi connectivity index (χ3v) is 3.38. The molecule has 1 aromatic heterocycles. The number of carboxylic acids is 2. The van der Waals surface area contributed by atoms with Gasteiger partial charge >= 0.3 is 11.9 Å². The number of nitro groups is 1. The van der Waals surface area contributed by atoms with Gasteiger partial charge in [0.1, 0.15) is 0 Å². The van der Waals surface area contributed by atoms with Crippen molar-refractivity contribution in [1.82, 2.24) is 15.2 Å². The van der Waals surface area contributed by atoms with E-state index in [1.54, 1.807) is 12.4 Å². The average molecular weight is 417 g/mol. The first-order valence-corrected chi connectivity index (χ1v) is 7.94. The molecule has 1 fully saturated rings. The Labute approximate surface area is 151 Å². The summed E-state index contributed by atoms with van der Waals surface area (Å²) in [6.07, 6.45) is 3.87. The monoisotopic (exact) mass is 416 g/mol. The maximum absolute atomic E-state index is 10.5. The van der Waals surface area contributed by atoms with Gasteiger partial charge in [-0.15, -0.1) is 0 Å². The van der Waals surface area contributed by atoms with Gasteiger partial charge in [-0.2, -0.15) is 0 Å². The minimum atomic E-state index is -1.08. The van der Waals surface area contributed by atoms with Crippen molar-refractivity contribution in [3.63, 3.8) is 0 Å². The van der Waals surface area contributed by atoms with Gasteiger partial charge in [-0.05, 0) is 27.6 Å². The van der Waals surface area contributed by atoms with E-state index in [2.05, 4.69) is 26.2 Å². The Kier molecular flexibility index (Phi) is 8.33. The molecule has 3 N–H and O–H groups in total. The third kappa shape index (κ3) is 8.65. The second-order valence-electron chi connectivity index (χ2n) is 4.95. The van der Waals surface area contributed by atoms with Gasteiger partial charge in [-0.3, -0.25) is 24.7 Å². The highest BCUT2D eigenvalue weighted by Gasteiger charge is 2.19. The first-order chi connectivity index (χ1) is 11.8. The Bertz CT molecular complexity index is 652. The summed E-state index contributed by atoms with van der Waals surface area (Å²) in [6, 6.07) is 1.95. The van der Waals surface area contributed by atoms with E-state index in [9.17, 15) is 19.7 Å². The predicted octanol–water partition coefficient (Wildman–Crippen LogP) is 1.26. The smallest absolute Gasteiger partial charge is 0.303 e. The standard InChI is InChI=1S/C10H11BrN4O2.C4H6O4/c11-9-3-8(4-12-5-9)6-14-2-1-13-10(14)7-15(16)17;5-3(6)1-2-4(7)8/h3-5,7,13H,1-2,6H2;1-2H2,(H,5,6)(H,7,8). The van der Waals surface area contributed by atoms with Crippen molar-refractivity contribution in [2.45, 2.75) is 19.4 Å². The third-order valence-electron chi connectivity index (χ3n) is 2.94. The van der Waals surface area contributed by atoms with Gasteiger partial charge in [-0.1, -0.05) is 0 Å². The van der Waals surface area contributed by atoms with Gasteiger partial charge in [0.25, 0.3) is 6.20 Å². The number of carbonyl (C=O) groups is 2. The highest BCUT2D eigenvalue weighted by molar-refractivity contribution is 9.10. The van der Waals surface area contributed by atoms with Crippen LogP contribution in [0, 0.1) is 10.1 Å². The van der Waals surface area contributed by atoms with Crippen LogP contribution in [-0.2, 0) is 16.1 Å². The Morgan fingerprint density at radius 2 is 2.00 bits per heavy atom. The fraction of sp³-hybridized carbons (Fsp3) is 0.357. The van der Waals surface area contributed by atoms with Crippen LogP contribution in [0.1, 0.15) is 18.4 Å². The SMILES string of the molecule is O=C(O)CCC(=O)O.O=[N+]([O-])C=C1NCCN1Cc1cncc(Br)c1. The zero-order chi connectivity index (χ0) is 18.8. The van der Waals surface area contributed by atoms with E-state index in [4.69, 9.17) is 10.2 Å². The fourth-order valence-corrected chi connectivity index (χ4v) is 2.33. The van der Waals surface area contributed by atoms with Crippen LogP contribution in [0.5, 0.6) is 0 Å². The molecule has 1 aliphatic heterocycles. The van der Waals surface area contributed by atoms with Crippen LogP contribution in [0.25, 0.3) is 0 Å². The summed E-state index contributed by atoms with van der Waals surface area (Å²) in [6.45, 7) is 2.09. The maximum atomic E-state index is 10.5. The van der Waals surface area contributed by atoms with Crippen LogP contribution in [0.4, 0.5) is 0 Å². The molecule has 0 aromatic carbocycles. The molecule has 0 spiro atoms. The van der Waals surface area contributed by atoms with Gasteiger partial charge in [-0.25, -0.2) is 0 Å². The van der Waals surface area contributed by atoms with Crippen LogP contribution in [0.2, 0.25) is 0 Å². The minimum Gasteiger partial charge on any atom is -0.481 e. The van der Waals surface area contributed by atoms with E-state index >= 15 is 0 Å². The van der Waals surface area contributed by atoms with Crippen molar-refractivity contribution in [2.24, 2.45) is 0 Å². The van der Waals surface area contributed by atoms with Crippen LogP contribution in [-0.4, -0.2) is 50.0 Å². The number of aromatic nitrogens is 1. The molecule has 0 bridgehead atoms. The fourth-order valence-electron chi connectivity index (χ4n) is 1.92. The molecular weight excluding hydrogens is 400 g/mol. The Balaban J connectivity index is 0.000000333. The van der Waals surface area contributed by atoms with E-state index < -0.39 is 16.9 Å². The van der Waals surface area contributed by atoms with E-state index in [0.29, 0.717) is 12.4 Å². The van der Waals surface area contributed by atoms with Crippen LogP contribution in [0.3, 0.4) is 0 Å². The summed E-state index contributed by atoms with van der Waals surface area (Å²) in [5, 5.41) is 29.2. The molecule has 1 aromatic rings. The molecule has 1 saturated heterocycles. The van der Waals surface area contributed by atoms with Gasteiger partial charge in [0.2, 0.25) is 0 Å². The number of rotatable bonds is 6. The molecule has 0 amide bonds. The van der Waals surface area contributed by atoms with Crippen molar-refractivity contribution < 1.29 is 24.7 Å². The van der Waals surface area contributed by atoms with Gasteiger partial charge in [0.05, 0.1) is 17.8 Å². The van der Waals surface area contributed by atoms with E-state index in [1.165, 1.54) is 0 Å². The minimum absolute atomic E-state index is 0.296. The number of hydrogen-bond acceptors (Lipinski definition) is 7. The van der Waals surface area contributed by atoms with Crippen molar-refractivity contribution in [3.05, 3.63) is 50.6 Å². The molecule has 2 heterocycles. The molecule has 0 atom stereocenters. The maximum Gasteiger partial charge on any atom is 0.303 e. The molecule has 0 radical (unpaired) electrons. The number of halogens is 1. The Hall–Kier alpha value is -2.69. The number of nitrogens with zero attached hydrogens (tertiary/aromatic N) is 3. The molecule has 136 valence electrons. The summed E-state index contributed by atoms with van der Waals surface area (Å²) in [4.78, 5) is 35.3. The summed E-state index contributed by atoms with van der Waals surface area (Å²) < 4.78 is 0.905. The molecule has 0 aliphatic carbocycles. The average Bonchev–Trinajstić information content (AvgIpc) is 2.92. The molecule has 10 nitrogen and oxygen atoms in total. The van der Waals surface area contributed by atoms with Crippen LogP contribution < -0.4 is 5.32 Å². The molecule has 0 saturated carbocycles. The second-order valence-corrected chi connectivity index (χ2v) is 5.86.